The summed E-state index contributed by atoms with van der Waals surface area (Å²) in [5, 5.41) is 9.23. The summed E-state index contributed by atoms with van der Waals surface area (Å²) in [5.74, 6) is 1.30. The van der Waals surface area contributed by atoms with Crippen LogP contribution in [0.15, 0.2) is 54.9 Å². The number of nitrogens with zero attached hydrogens (tertiary/aromatic N) is 2. The second-order valence-corrected chi connectivity index (χ2v) is 4.01. The standard InChI is InChI=1S/C14H12N2O/c17-13-6-4-11(5-7-13)9-14-15-10-12-3-1-2-8-16(12)14/h1-8,10,17H,9H2. The third-order valence-corrected chi connectivity index (χ3v) is 2.81. The second-order valence-electron chi connectivity index (χ2n) is 4.01. The van der Waals surface area contributed by atoms with Crippen LogP contribution in [-0.2, 0) is 6.42 Å². The van der Waals surface area contributed by atoms with Gasteiger partial charge in [-0.3, -0.25) is 0 Å². The zero-order chi connectivity index (χ0) is 11.7. The minimum atomic E-state index is 0.293. The van der Waals surface area contributed by atoms with Crippen LogP contribution in [0, 0.1) is 0 Å². The molecule has 0 aliphatic rings. The molecule has 0 saturated heterocycles. The van der Waals surface area contributed by atoms with Crippen LogP contribution >= 0.6 is 0 Å². The summed E-state index contributed by atoms with van der Waals surface area (Å²) in [5.41, 5.74) is 2.24. The van der Waals surface area contributed by atoms with E-state index >= 15 is 0 Å². The van der Waals surface area contributed by atoms with Gasteiger partial charge in [0.05, 0.1) is 11.7 Å². The molecule has 3 aromatic rings. The molecular formula is C14H12N2O. The number of hydrogen-bond donors (Lipinski definition) is 1. The van der Waals surface area contributed by atoms with E-state index in [1.54, 1.807) is 12.1 Å². The van der Waals surface area contributed by atoms with Crippen LogP contribution in [0.25, 0.3) is 5.52 Å². The monoisotopic (exact) mass is 224 g/mol. The molecule has 0 fully saturated rings. The van der Waals surface area contributed by atoms with Gasteiger partial charge in [-0.2, -0.15) is 0 Å². The van der Waals surface area contributed by atoms with Crippen molar-refractivity contribution in [2.45, 2.75) is 6.42 Å². The molecule has 0 bridgehead atoms. The quantitative estimate of drug-likeness (QED) is 0.726. The van der Waals surface area contributed by atoms with Crippen molar-refractivity contribution in [1.82, 2.24) is 9.38 Å². The van der Waals surface area contributed by atoms with E-state index in [1.165, 1.54) is 0 Å². The predicted molar refractivity (Wildman–Crippen MR) is 66.1 cm³/mol. The molecule has 2 heterocycles. The van der Waals surface area contributed by atoms with E-state index in [4.69, 9.17) is 0 Å². The van der Waals surface area contributed by atoms with E-state index in [1.807, 2.05) is 42.7 Å². The van der Waals surface area contributed by atoms with Gasteiger partial charge in [-0.05, 0) is 29.8 Å². The summed E-state index contributed by atoms with van der Waals surface area (Å²) in [7, 11) is 0. The van der Waals surface area contributed by atoms with Gasteiger partial charge in [0.2, 0.25) is 0 Å². The predicted octanol–water partition coefficient (Wildman–Crippen LogP) is 2.63. The Labute approximate surface area is 99.0 Å². The molecule has 0 aliphatic carbocycles. The molecule has 0 saturated carbocycles. The normalized spacial score (nSPS) is 10.8. The summed E-state index contributed by atoms with van der Waals surface area (Å²) in [6.07, 6.45) is 4.65. The first-order valence-corrected chi connectivity index (χ1v) is 5.52. The molecule has 1 aromatic carbocycles. The summed E-state index contributed by atoms with van der Waals surface area (Å²) in [6, 6.07) is 13.3. The Hall–Kier alpha value is -2.29. The van der Waals surface area contributed by atoms with Gasteiger partial charge in [0.15, 0.2) is 0 Å². The minimum Gasteiger partial charge on any atom is -0.508 e. The average Bonchev–Trinajstić information content (AvgIpc) is 2.76. The maximum Gasteiger partial charge on any atom is 0.117 e. The van der Waals surface area contributed by atoms with Gasteiger partial charge in [-0.1, -0.05) is 18.2 Å². The van der Waals surface area contributed by atoms with Crippen molar-refractivity contribution in [3.05, 3.63) is 66.2 Å². The number of hydrogen-bond acceptors (Lipinski definition) is 2. The first-order chi connectivity index (χ1) is 8.33. The SMILES string of the molecule is Oc1ccc(Cc2ncc3ccccn23)cc1. The van der Waals surface area contributed by atoms with E-state index in [9.17, 15) is 5.11 Å². The number of fused-ring (bicyclic) bond motifs is 1. The van der Waals surface area contributed by atoms with Crippen molar-refractivity contribution >= 4 is 5.52 Å². The Kier molecular flexibility index (Phi) is 2.29. The molecule has 1 N–H and O–H groups in total. The summed E-state index contributed by atoms with van der Waals surface area (Å²) in [4.78, 5) is 4.41. The Balaban J connectivity index is 1.97. The van der Waals surface area contributed by atoms with Gasteiger partial charge in [0.1, 0.15) is 11.6 Å². The van der Waals surface area contributed by atoms with Crippen LogP contribution in [0.3, 0.4) is 0 Å². The molecule has 17 heavy (non-hydrogen) atoms. The summed E-state index contributed by atoms with van der Waals surface area (Å²) in [6.45, 7) is 0. The van der Waals surface area contributed by atoms with E-state index < -0.39 is 0 Å². The van der Waals surface area contributed by atoms with Crippen molar-refractivity contribution in [3.63, 3.8) is 0 Å². The van der Waals surface area contributed by atoms with E-state index in [-0.39, 0.29) is 0 Å². The van der Waals surface area contributed by atoms with E-state index in [0.717, 1.165) is 23.3 Å². The highest BCUT2D eigenvalue weighted by Gasteiger charge is 2.03. The lowest BCUT2D eigenvalue weighted by atomic mass is 10.1. The van der Waals surface area contributed by atoms with Crippen molar-refractivity contribution in [1.29, 1.82) is 0 Å². The van der Waals surface area contributed by atoms with Crippen LogP contribution < -0.4 is 0 Å². The summed E-state index contributed by atoms with van der Waals surface area (Å²) < 4.78 is 2.08. The molecule has 0 atom stereocenters. The molecule has 3 nitrogen and oxygen atoms in total. The second kappa shape index (κ2) is 3.94. The number of imidazole rings is 1. The zero-order valence-corrected chi connectivity index (χ0v) is 9.24. The van der Waals surface area contributed by atoms with Crippen molar-refractivity contribution in [2.24, 2.45) is 0 Å². The number of aromatic nitrogens is 2. The van der Waals surface area contributed by atoms with Gasteiger partial charge < -0.3 is 9.51 Å². The van der Waals surface area contributed by atoms with Crippen LogP contribution in [-0.4, -0.2) is 14.5 Å². The third-order valence-electron chi connectivity index (χ3n) is 2.81. The van der Waals surface area contributed by atoms with Gasteiger partial charge in [0, 0.05) is 12.6 Å². The number of phenols is 1. The Morgan fingerprint density at radius 2 is 1.88 bits per heavy atom. The molecule has 0 aliphatic heterocycles. The van der Waals surface area contributed by atoms with Gasteiger partial charge in [-0.25, -0.2) is 4.98 Å². The fourth-order valence-corrected chi connectivity index (χ4v) is 1.93. The molecule has 84 valence electrons. The lowest BCUT2D eigenvalue weighted by Crippen LogP contribution is -1.95. The van der Waals surface area contributed by atoms with E-state index in [0.29, 0.717) is 5.75 Å². The van der Waals surface area contributed by atoms with Crippen LogP contribution in [0.5, 0.6) is 5.75 Å². The van der Waals surface area contributed by atoms with Crippen molar-refractivity contribution < 1.29 is 5.11 Å². The van der Waals surface area contributed by atoms with Crippen molar-refractivity contribution in [2.75, 3.05) is 0 Å². The Bertz CT molecular complexity index is 641. The highest BCUT2D eigenvalue weighted by Crippen LogP contribution is 2.14. The largest absolute Gasteiger partial charge is 0.508 e. The lowest BCUT2D eigenvalue weighted by molar-refractivity contribution is 0.475. The Morgan fingerprint density at radius 1 is 1.06 bits per heavy atom. The van der Waals surface area contributed by atoms with Gasteiger partial charge >= 0.3 is 0 Å². The fourth-order valence-electron chi connectivity index (χ4n) is 1.93. The summed E-state index contributed by atoms with van der Waals surface area (Å²) >= 11 is 0. The van der Waals surface area contributed by atoms with Crippen LogP contribution in [0.1, 0.15) is 11.4 Å². The average molecular weight is 224 g/mol. The molecule has 2 aromatic heterocycles. The Morgan fingerprint density at radius 3 is 2.71 bits per heavy atom. The molecular weight excluding hydrogens is 212 g/mol. The molecule has 0 spiro atoms. The number of aromatic hydroxyl groups is 1. The van der Waals surface area contributed by atoms with E-state index in [2.05, 4.69) is 9.38 Å². The molecule has 0 unspecified atom stereocenters. The minimum absolute atomic E-state index is 0.293. The maximum atomic E-state index is 9.23. The number of benzene rings is 1. The van der Waals surface area contributed by atoms with Gasteiger partial charge in [-0.15, -0.1) is 0 Å². The molecule has 0 radical (unpaired) electrons. The maximum absolute atomic E-state index is 9.23. The van der Waals surface area contributed by atoms with Crippen molar-refractivity contribution in [3.8, 4) is 5.75 Å². The van der Waals surface area contributed by atoms with Crippen LogP contribution in [0.4, 0.5) is 0 Å². The van der Waals surface area contributed by atoms with Crippen LogP contribution in [0.2, 0.25) is 0 Å². The number of pyridine rings is 1. The molecule has 3 heteroatoms. The molecule has 0 amide bonds. The lowest BCUT2D eigenvalue weighted by Gasteiger charge is -2.01. The van der Waals surface area contributed by atoms with Gasteiger partial charge in [0.25, 0.3) is 0 Å². The number of phenolic OH excluding ortho intramolecular Hbond substituents is 1. The molecule has 3 rings (SSSR count). The highest BCUT2D eigenvalue weighted by atomic mass is 16.3. The first kappa shape index (κ1) is 9.90. The smallest absolute Gasteiger partial charge is 0.117 e. The third kappa shape index (κ3) is 1.87. The first-order valence-electron chi connectivity index (χ1n) is 5.52. The fraction of sp³-hybridized carbons (Fsp3) is 0.0714. The topological polar surface area (TPSA) is 37.5 Å². The highest BCUT2D eigenvalue weighted by molar-refractivity contribution is 5.46. The number of rotatable bonds is 2. The zero-order valence-electron chi connectivity index (χ0n) is 9.24.